The van der Waals surface area contributed by atoms with Crippen LogP contribution in [0.5, 0.6) is 11.5 Å². The van der Waals surface area contributed by atoms with Crippen LogP contribution in [0, 0.1) is 5.82 Å². The van der Waals surface area contributed by atoms with Crippen LogP contribution in [0.3, 0.4) is 0 Å². The Morgan fingerprint density at radius 1 is 1.05 bits per heavy atom. The van der Waals surface area contributed by atoms with Gasteiger partial charge in [0.1, 0.15) is 17.4 Å². The molecule has 5 nitrogen and oxygen atoms in total. The number of rotatable bonds is 9. The summed E-state index contributed by atoms with van der Waals surface area (Å²) in [5.41, 5.74) is 3.29. The summed E-state index contributed by atoms with van der Waals surface area (Å²) in [7, 11) is 0. The Hall–Kier alpha value is -3.19. The number of amides is 1. The van der Waals surface area contributed by atoms with Crippen molar-refractivity contribution >= 4 is 28.5 Å². The topological polar surface area (TPSA) is 59.9 Å². The van der Waals surface area contributed by atoms with E-state index in [4.69, 9.17) is 14.5 Å². The number of hydrogen-bond donors (Lipinski definition) is 1. The number of benzene rings is 2. The summed E-state index contributed by atoms with van der Waals surface area (Å²) >= 11 is 1.65. The summed E-state index contributed by atoms with van der Waals surface area (Å²) in [5.74, 6) is 0.853. The van der Waals surface area contributed by atoms with Crippen molar-refractivity contribution in [3.8, 4) is 11.5 Å². The van der Waals surface area contributed by atoms with Gasteiger partial charge < -0.3 is 14.8 Å². The largest absolute Gasteiger partial charge is 0.490 e. The molecule has 0 aliphatic heterocycles. The maximum Gasteiger partial charge on any atom is 0.254 e. The van der Waals surface area contributed by atoms with Gasteiger partial charge in [-0.2, -0.15) is 0 Å². The first-order chi connectivity index (χ1) is 18.6. The molecule has 7 heteroatoms. The highest BCUT2D eigenvalue weighted by atomic mass is 32.1. The fourth-order valence-corrected chi connectivity index (χ4v) is 6.51. The van der Waals surface area contributed by atoms with Crippen molar-refractivity contribution in [3.05, 3.63) is 75.4 Å². The zero-order valence-electron chi connectivity index (χ0n) is 21.9. The Bertz CT molecular complexity index is 1300. The third kappa shape index (κ3) is 6.26. The van der Waals surface area contributed by atoms with Gasteiger partial charge in [0, 0.05) is 22.7 Å². The average Bonchev–Trinajstić information content (AvgIpc) is 3.31. The first-order valence-electron chi connectivity index (χ1n) is 13.7. The summed E-state index contributed by atoms with van der Waals surface area (Å²) in [4.78, 5) is 19.5. The van der Waals surface area contributed by atoms with Crippen LogP contribution in [0.15, 0.2) is 47.5 Å². The zero-order valence-corrected chi connectivity index (χ0v) is 22.7. The SMILES string of the molecule is CCOc1cc(/C=N\c2sc3c(c2C(=O)NC2CCCCC2)CCCC3)ccc1OCc1ccccc1F. The van der Waals surface area contributed by atoms with E-state index in [1.165, 1.54) is 35.8 Å². The van der Waals surface area contributed by atoms with Crippen molar-refractivity contribution in [2.45, 2.75) is 77.4 Å². The molecule has 1 amide bonds. The fourth-order valence-electron chi connectivity index (χ4n) is 5.28. The molecular weight excluding hydrogens is 499 g/mol. The number of ether oxygens (including phenoxy) is 2. The highest BCUT2D eigenvalue weighted by Crippen LogP contribution is 2.40. The molecule has 0 unspecified atom stereocenters. The maximum atomic E-state index is 14.0. The summed E-state index contributed by atoms with van der Waals surface area (Å²) in [6.07, 6.45) is 11.8. The first-order valence-corrected chi connectivity index (χ1v) is 14.6. The van der Waals surface area contributed by atoms with E-state index in [9.17, 15) is 9.18 Å². The zero-order chi connectivity index (χ0) is 26.3. The minimum atomic E-state index is -0.295. The minimum absolute atomic E-state index is 0.0235. The smallest absolute Gasteiger partial charge is 0.254 e. The number of aryl methyl sites for hydroxylation is 1. The van der Waals surface area contributed by atoms with Crippen LogP contribution in [0.4, 0.5) is 9.39 Å². The van der Waals surface area contributed by atoms with Crippen LogP contribution >= 0.6 is 11.3 Å². The van der Waals surface area contributed by atoms with Crippen LogP contribution < -0.4 is 14.8 Å². The highest BCUT2D eigenvalue weighted by Gasteiger charge is 2.27. The quantitative estimate of drug-likeness (QED) is 0.288. The summed E-state index contributed by atoms with van der Waals surface area (Å²) in [5, 5.41) is 4.09. The van der Waals surface area contributed by atoms with Crippen LogP contribution in [-0.4, -0.2) is 24.8 Å². The Morgan fingerprint density at radius 2 is 1.87 bits per heavy atom. The molecule has 0 spiro atoms. The van der Waals surface area contributed by atoms with E-state index in [2.05, 4.69) is 5.32 Å². The van der Waals surface area contributed by atoms with E-state index in [0.717, 1.165) is 54.7 Å². The number of thiophene rings is 1. The van der Waals surface area contributed by atoms with Crippen LogP contribution in [-0.2, 0) is 19.4 Å². The summed E-state index contributed by atoms with van der Waals surface area (Å²) < 4.78 is 25.7. The van der Waals surface area contributed by atoms with E-state index in [0.29, 0.717) is 23.7 Å². The second-order valence-electron chi connectivity index (χ2n) is 9.98. The number of nitrogens with zero attached hydrogens (tertiary/aromatic N) is 1. The standard InChI is InChI=1S/C31H35FN2O3S/c1-2-36-27-18-21(16-17-26(27)37-20-22-10-6-8-14-25(22)32)19-33-31-29(24-13-7-9-15-28(24)38-31)30(35)34-23-11-4-3-5-12-23/h6,8,10,14,16-19,23H,2-5,7,9,11-13,15,20H2,1H3,(H,34,35)/b33-19-. The molecule has 2 aromatic carbocycles. The predicted octanol–water partition coefficient (Wildman–Crippen LogP) is 7.56. The molecule has 0 radical (unpaired) electrons. The maximum absolute atomic E-state index is 14.0. The van der Waals surface area contributed by atoms with E-state index < -0.39 is 0 Å². The van der Waals surface area contributed by atoms with E-state index in [-0.39, 0.29) is 24.4 Å². The molecule has 38 heavy (non-hydrogen) atoms. The van der Waals surface area contributed by atoms with Gasteiger partial charge in [-0.3, -0.25) is 4.79 Å². The lowest BCUT2D eigenvalue weighted by atomic mass is 9.93. The van der Waals surface area contributed by atoms with Gasteiger partial charge in [-0.15, -0.1) is 11.3 Å². The lowest BCUT2D eigenvalue weighted by Crippen LogP contribution is -2.36. The molecule has 2 aliphatic rings. The van der Waals surface area contributed by atoms with Gasteiger partial charge in [-0.05, 0) is 80.8 Å². The highest BCUT2D eigenvalue weighted by molar-refractivity contribution is 7.16. The molecule has 1 fully saturated rings. The van der Waals surface area contributed by atoms with Gasteiger partial charge in [0.2, 0.25) is 0 Å². The Labute approximate surface area is 228 Å². The molecule has 1 saturated carbocycles. The number of halogens is 1. The second kappa shape index (κ2) is 12.6. The number of fused-ring (bicyclic) bond motifs is 1. The van der Waals surface area contributed by atoms with Crippen molar-refractivity contribution in [1.82, 2.24) is 5.32 Å². The van der Waals surface area contributed by atoms with Crippen LogP contribution in [0.25, 0.3) is 0 Å². The minimum Gasteiger partial charge on any atom is -0.490 e. The van der Waals surface area contributed by atoms with Crippen molar-refractivity contribution in [2.24, 2.45) is 4.99 Å². The lowest BCUT2D eigenvalue weighted by Gasteiger charge is -2.23. The van der Waals surface area contributed by atoms with Crippen LogP contribution in [0.2, 0.25) is 0 Å². The molecule has 1 N–H and O–H groups in total. The Kier molecular flexibility index (Phi) is 8.74. The summed E-state index contributed by atoms with van der Waals surface area (Å²) in [6, 6.07) is 12.4. The molecular formula is C31H35FN2O3S. The van der Waals surface area contributed by atoms with E-state index in [1.807, 2.05) is 25.1 Å². The van der Waals surface area contributed by atoms with Crippen molar-refractivity contribution in [1.29, 1.82) is 0 Å². The van der Waals surface area contributed by atoms with Crippen molar-refractivity contribution in [3.63, 3.8) is 0 Å². The van der Waals surface area contributed by atoms with Crippen molar-refractivity contribution in [2.75, 3.05) is 6.61 Å². The van der Waals surface area contributed by atoms with Gasteiger partial charge in [0.25, 0.3) is 5.91 Å². The van der Waals surface area contributed by atoms with Crippen LogP contribution in [0.1, 0.15) is 83.8 Å². The number of carbonyl (C=O) groups excluding carboxylic acids is 1. The lowest BCUT2D eigenvalue weighted by molar-refractivity contribution is 0.0927. The molecule has 0 bridgehead atoms. The van der Waals surface area contributed by atoms with Gasteiger partial charge >= 0.3 is 0 Å². The second-order valence-corrected chi connectivity index (χ2v) is 11.1. The first kappa shape index (κ1) is 26.4. The van der Waals surface area contributed by atoms with Gasteiger partial charge in [0.15, 0.2) is 11.5 Å². The van der Waals surface area contributed by atoms with E-state index in [1.54, 1.807) is 35.8 Å². The molecule has 0 saturated heterocycles. The molecule has 2 aliphatic carbocycles. The number of hydrogen-bond acceptors (Lipinski definition) is 5. The third-order valence-corrected chi connectivity index (χ3v) is 8.46. The van der Waals surface area contributed by atoms with Gasteiger partial charge in [0.05, 0.1) is 12.2 Å². The molecule has 200 valence electrons. The van der Waals surface area contributed by atoms with Gasteiger partial charge in [-0.1, -0.05) is 37.5 Å². The number of nitrogens with one attached hydrogen (secondary N) is 1. The molecule has 0 atom stereocenters. The predicted molar refractivity (Wildman–Crippen MR) is 151 cm³/mol. The number of carbonyl (C=O) groups is 1. The fraction of sp³-hybridized carbons (Fsp3) is 0.419. The van der Waals surface area contributed by atoms with E-state index >= 15 is 0 Å². The summed E-state index contributed by atoms with van der Waals surface area (Å²) in [6.45, 7) is 2.50. The normalized spacial score (nSPS) is 15.8. The average molecular weight is 535 g/mol. The van der Waals surface area contributed by atoms with Crippen molar-refractivity contribution < 1.29 is 18.7 Å². The molecule has 1 heterocycles. The Balaban J connectivity index is 1.36. The molecule has 1 aromatic heterocycles. The molecule has 5 rings (SSSR count). The Morgan fingerprint density at radius 3 is 2.68 bits per heavy atom. The third-order valence-electron chi connectivity index (χ3n) is 7.26. The monoisotopic (exact) mass is 534 g/mol. The van der Waals surface area contributed by atoms with Gasteiger partial charge in [-0.25, -0.2) is 9.38 Å². The number of aliphatic imine (C=N–C) groups is 1. The molecule has 3 aromatic rings.